The quantitative estimate of drug-likeness (QED) is 0.289. The predicted octanol–water partition coefficient (Wildman–Crippen LogP) is 5.11. The Bertz CT molecular complexity index is 1270. The van der Waals surface area contributed by atoms with E-state index in [1.54, 1.807) is 12.1 Å². The van der Waals surface area contributed by atoms with E-state index in [9.17, 15) is 14.7 Å². The summed E-state index contributed by atoms with van der Waals surface area (Å²) in [5, 5.41) is 13.4. The number of methoxy groups -OCH3 is 2. The van der Waals surface area contributed by atoms with Crippen LogP contribution in [0, 0.1) is 0 Å². The van der Waals surface area contributed by atoms with Crippen molar-refractivity contribution in [2.24, 2.45) is 0 Å². The van der Waals surface area contributed by atoms with Crippen LogP contribution in [0.3, 0.4) is 0 Å². The number of ketones is 1. The molecular formula is C25H23ClN2O5S. The molecule has 1 aliphatic rings. The van der Waals surface area contributed by atoms with Gasteiger partial charge in [0.15, 0.2) is 0 Å². The summed E-state index contributed by atoms with van der Waals surface area (Å²) < 4.78 is 10.6. The van der Waals surface area contributed by atoms with Gasteiger partial charge in [-0.3, -0.25) is 14.5 Å². The molecule has 34 heavy (non-hydrogen) atoms. The topological polar surface area (TPSA) is 79.3 Å². The molecule has 1 aliphatic heterocycles. The third kappa shape index (κ3) is 3.99. The van der Waals surface area contributed by atoms with Gasteiger partial charge in [0, 0.05) is 36.4 Å². The van der Waals surface area contributed by atoms with E-state index < -0.39 is 17.7 Å². The summed E-state index contributed by atoms with van der Waals surface area (Å²) >= 11 is 7.69. The number of aliphatic hydroxyl groups is 1. The van der Waals surface area contributed by atoms with Crippen LogP contribution >= 0.6 is 22.9 Å². The summed E-state index contributed by atoms with van der Waals surface area (Å²) in [7, 11) is 6.73. The van der Waals surface area contributed by atoms with Crippen LogP contribution in [0.5, 0.6) is 11.5 Å². The van der Waals surface area contributed by atoms with E-state index in [-0.39, 0.29) is 27.7 Å². The predicted molar refractivity (Wildman–Crippen MR) is 134 cm³/mol. The zero-order chi connectivity index (χ0) is 24.6. The zero-order valence-corrected chi connectivity index (χ0v) is 20.6. The highest BCUT2D eigenvalue weighted by atomic mass is 35.5. The van der Waals surface area contributed by atoms with Crippen molar-refractivity contribution in [1.82, 2.24) is 0 Å². The second kappa shape index (κ2) is 9.40. The molecule has 1 saturated heterocycles. The maximum absolute atomic E-state index is 13.3. The first kappa shape index (κ1) is 23.7. The Morgan fingerprint density at radius 1 is 1.06 bits per heavy atom. The van der Waals surface area contributed by atoms with Gasteiger partial charge in [0.25, 0.3) is 11.7 Å². The maximum Gasteiger partial charge on any atom is 0.300 e. The normalized spacial score (nSPS) is 17.2. The standard InChI is InChI=1S/C25H23ClN2O5S/c1-27(2)14-7-9-15(10-8-14)28-22(20-6-5-11-34-20)21(24(30)25(28)31)23(29)16-12-17(26)19(33-4)13-18(16)32-3/h5-13,22,29H,1-4H3/b23-21-. The van der Waals surface area contributed by atoms with Gasteiger partial charge in [-0.05, 0) is 41.8 Å². The van der Waals surface area contributed by atoms with Crippen LogP contribution in [0.2, 0.25) is 5.02 Å². The minimum atomic E-state index is -0.809. The second-order valence-corrected chi connectivity index (χ2v) is 9.17. The number of Topliss-reactive ketones (excluding diaryl/α,β-unsaturated/α-hetero) is 1. The Balaban J connectivity index is 1.92. The van der Waals surface area contributed by atoms with E-state index in [0.717, 1.165) is 10.6 Å². The van der Waals surface area contributed by atoms with Crippen molar-refractivity contribution >= 4 is 51.8 Å². The number of carbonyl (C=O) groups is 2. The highest BCUT2D eigenvalue weighted by Crippen LogP contribution is 2.45. The minimum Gasteiger partial charge on any atom is -0.507 e. The number of aliphatic hydroxyl groups excluding tert-OH is 1. The Labute approximate surface area is 206 Å². The van der Waals surface area contributed by atoms with Gasteiger partial charge in [0.05, 0.1) is 30.4 Å². The molecule has 3 aromatic rings. The second-order valence-electron chi connectivity index (χ2n) is 7.78. The van der Waals surface area contributed by atoms with Gasteiger partial charge in [0.2, 0.25) is 0 Å². The third-order valence-electron chi connectivity index (χ3n) is 5.63. The average Bonchev–Trinajstić information content (AvgIpc) is 3.45. The van der Waals surface area contributed by atoms with Crippen LogP contribution < -0.4 is 19.3 Å². The number of halogens is 1. The van der Waals surface area contributed by atoms with Crippen LogP contribution in [0.25, 0.3) is 5.76 Å². The van der Waals surface area contributed by atoms with E-state index in [4.69, 9.17) is 21.1 Å². The van der Waals surface area contributed by atoms with Crippen LogP contribution in [0.4, 0.5) is 11.4 Å². The fourth-order valence-electron chi connectivity index (χ4n) is 3.92. The van der Waals surface area contributed by atoms with Crippen LogP contribution in [-0.2, 0) is 9.59 Å². The fraction of sp³-hybridized carbons (Fsp3) is 0.200. The molecular weight excluding hydrogens is 476 g/mol. The van der Waals surface area contributed by atoms with Crippen molar-refractivity contribution in [3.63, 3.8) is 0 Å². The highest BCUT2D eigenvalue weighted by molar-refractivity contribution is 7.10. The van der Waals surface area contributed by atoms with E-state index in [2.05, 4.69) is 0 Å². The number of ether oxygens (including phenoxy) is 2. The number of anilines is 2. The van der Waals surface area contributed by atoms with Crippen molar-refractivity contribution < 1.29 is 24.2 Å². The Hall–Kier alpha value is -3.49. The van der Waals surface area contributed by atoms with Crippen molar-refractivity contribution in [3.05, 3.63) is 74.9 Å². The molecule has 1 atom stereocenters. The smallest absolute Gasteiger partial charge is 0.300 e. The third-order valence-corrected chi connectivity index (χ3v) is 6.85. The van der Waals surface area contributed by atoms with Crippen molar-refractivity contribution in [2.45, 2.75) is 6.04 Å². The van der Waals surface area contributed by atoms with Crippen LogP contribution in [-0.4, -0.2) is 45.1 Å². The molecule has 9 heteroatoms. The molecule has 0 bridgehead atoms. The summed E-state index contributed by atoms with van der Waals surface area (Å²) in [5.74, 6) is -1.28. The number of hydrogen-bond acceptors (Lipinski definition) is 7. The average molecular weight is 499 g/mol. The summed E-state index contributed by atoms with van der Waals surface area (Å²) in [6, 6.07) is 13.1. The molecule has 2 aromatic carbocycles. The number of nitrogens with zero attached hydrogens (tertiary/aromatic N) is 2. The first-order valence-corrected chi connectivity index (χ1v) is 11.6. The molecule has 1 fully saturated rings. The van der Waals surface area contributed by atoms with Gasteiger partial charge in [0.1, 0.15) is 23.3 Å². The maximum atomic E-state index is 13.3. The van der Waals surface area contributed by atoms with Gasteiger partial charge in [-0.1, -0.05) is 17.7 Å². The van der Waals surface area contributed by atoms with Gasteiger partial charge in [-0.2, -0.15) is 0 Å². The molecule has 0 radical (unpaired) electrons. The molecule has 4 rings (SSSR count). The van der Waals surface area contributed by atoms with Crippen molar-refractivity contribution in [2.75, 3.05) is 38.1 Å². The fourth-order valence-corrected chi connectivity index (χ4v) is 4.98. The largest absolute Gasteiger partial charge is 0.507 e. The SMILES string of the molecule is COc1cc(OC)c(/C(O)=C2/C(=O)C(=O)N(c3ccc(N(C)C)cc3)C2c2cccs2)cc1Cl. The lowest BCUT2D eigenvalue weighted by atomic mass is 9.99. The van der Waals surface area contributed by atoms with E-state index >= 15 is 0 Å². The zero-order valence-electron chi connectivity index (χ0n) is 19.0. The highest BCUT2D eigenvalue weighted by Gasteiger charge is 2.47. The van der Waals surface area contributed by atoms with Crippen LogP contribution in [0.1, 0.15) is 16.5 Å². The molecule has 7 nitrogen and oxygen atoms in total. The molecule has 1 aromatic heterocycles. The first-order valence-electron chi connectivity index (χ1n) is 10.3. The first-order chi connectivity index (χ1) is 16.3. The van der Waals surface area contributed by atoms with Crippen LogP contribution in [0.15, 0.2) is 59.5 Å². The molecule has 1 unspecified atom stereocenters. The van der Waals surface area contributed by atoms with Crippen molar-refractivity contribution in [3.8, 4) is 11.5 Å². The number of carbonyl (C=O) groups excluding carboxylic acids is 2. The summed E-state index contributed by atoms with van der Waals surface area (Å²) in [6.45, 7) is 0. The number of rotatable bonds is 6. The monoisotopic (exact) mass is 498 g/mol. The number of benzene rings is 2. The lowest BCUT2D eigenvalue weighted by Crippen LogP contribution is -2.29. The van der Waals surface area contributed by atoms with Gasteiger partial charge in [-0.15, -0.1) is 11.3 Å². The number of amides is 1. The van der Waals surface area contributed by atoms with E-state index in [1.807, 2.05) is 48.6 Å². The molecule has 1 amide bonds. The Morgan fingerprint density at radius 2 is 1.74 bits per heavy atom. The molecule has 176 valence electrons. The molecule has 0 spiro atoms. The summed E-state index contributed by atoms with van der Waals surface area (Å²) in [6.07, 6.45) is 0. The Morgan fingerprint density at radius 3 is 2.29 bits per heavy atom. The molecule has 0 saturated carbocycles. The van der Waals surface area contributed by atoms with Gasteiger partial charge < -0.3 is 19.5 Å². The molecule has 2 heterocycles. The summed E-state index contributed by atoms with van der Waals surface area (Å²) in [4.78, 5) is 30.6. The minimum absolute atomic E-state index is 0.0383. The summed E-state index contributed by atoms with van der Waals surface area (Å²) in [5.41, 5.74) is 1.65. The number of thiophene rings is 1. The van der Waals surface area contributed by atoms with Crippen molar-refractivity contribution in [1.29, 1.82) is 0 Å². The lowest BCUT2D eigenvalue weighted by Gasteiger charge is -2.25. The Kier molecular flexibility index (Phi) is 6.54. The lowest BCUT2D eigenvalue weighted by molar-refractivity contribution is -0.132. The molecule has 0 aliphatic carbocycles. The van der Waals surface area contributed by atoms with Gasteiger partial charge in [-0.25, -0.2) is 0 Å². The van der Waals surface area contributed by atoms with E-state index in [0.29, 0.717) is 11.4 Å². The number of hydrogen-bond donors (Lipinski definition) is 1. The van der Waals surface area contributed by atoms with Gasteiger partial charge >= 0.3 is 0 Å². The molecule has 1 N–H and O–H groups in total. The van der Waals surface area contributed by atoms with E-state index in [1.165, 1.54) is 42.6 Å².